The molecule has 1 fully saturated rings. The Bertz CT molecular complexity index is 315. The molecule has 18 heavy (non-hydrogen) atoms. The Morgan fingerprint density at radius 3 is 3.11 bits per heavy atom. The maximum absolute atomic E-state index is 11.3. The molecule has 3 N–H and O–H groups in total. The SMILES string of the molecule is CCOC(=O)C(N)/C=C/CC1CCCCC(=O)N1. The summed E-state index contributed by atoms with van der Waals surface area (Å²) in [6.07, 6.45) is 7.79. The van der Waals surface area contributed by atoms with Gasteiger partial charge in [-0.25, -0.2) is 0 Å². The van der Waals surface area contributed by atoms with E-state index in [-0.39, 0.29) is 11.9 Å². The van der Waals surface area contributed by atoms with Gasteiger partial charge in [-0.1, -0.05) is 18.6 Å². The number of ether oxygens (including phenoxy) is 1. The van der Waals surface area contributed by atoms with Crippen molar-refractivity contribution in [1.29, 1.82) is 0 Å². The van der Waals surface area contributed by atoms with Crippen LogP contribution in [0.2, 0.25) is 0 Å². The van der Waals surface area contributed by atoms with E-state index in [4.69, 9.17) is 10.5 Å². The Morgan fingerprint density at radius 1 is 1.61 bits per heavy atom. The van der Waals surface area contributed by atoms with E-state index in [2.05, 4.69) is 5.32 Å². The average molecular weight is 254 g/mol. The minimum absolute atomic E-state index is 0.112. The first kappa shape index (κ1) is 14.7. The molecule has 5 nitrogen and oxygen atoms in total. The van der Waals surface area contributed by atoms with Crippen LogP contribution in [0.1, 0.15) is 39.0 Å². The molecule has 1 rings (SSSR count). The largest absolute Gasteiger partial charge is 0.465 e. The normalized spacial score (nSPS) is 22.3. The van der Waals surface area contributed by atoms with Gasteiger partial charge in [0.15, 0.2) is 0 Å². The van der Waals surface area contributed by atoms with Gasteiger partial charge in [-0.2, -0.15) is 0 Å². The summed E-state index contributed by atoms with van der Waals surface area (Å²) in [6.45, 7) is 2.08. The second-order valence-corrected chi connectivity index (χ2v) is 4.45. The van der Waals surface area contributed by atoms with Crippen LogP contribution < -0.4 is 11.1 Å². The predicted molar refractivity (Wildman–Crippen MR) is 68.8 cm³/mol. The third-order valence-corrected chi connectivity index (χ3v) is 2.89. The van der Waals surface area contributed by atoms with Crippen molar-refractivity contribution in [2.75, 3.05) is 6.61 Å². The first-order valence-corrected chi connectivity index (χ1v) is 6.51. The highest BCUT2D eigenvalue weighted by Crippen LogP contribution is 2.12. The Hall–Kier alpha value is -1.36. The van der Waals surface area contributed by atoms with E-state index in [9.17, 15) is 9.59 Å². The van der Waals surface area contributed by atoms with Crippen LogP contribution in [-0.4, -0.2) is 30.6 Å². The zero-order valence-corrected chi connectivity index (χ0v) is 10.9. The number of hydrogen-bond donors (Lipinski definition) is 2. The fourth-order valence-electron chi connectivity index (χ4n) is 1.93. The molecule has 5 heteroatoms. The molecule has 0 radical (unpaired) electrons. The highest BCUT2D eigenvalue weighted by Gasteiger charge is 2.15. The molecule has 2 atom stereocenters. The van der Waals surface area contributed by atoms with Crippen LogP contribution in [0.3, 0.4) is 0 Å². The summed E-state index contributed by atoms with van der Waals surface area (Å²) in [5.41, 5.74) is 5.63. The summed E-state index contributed by atoms with van der Waals surface area (Å²) in [5.74, 6) is -0.306. The average Bonchev–Trinajstić information content (AvgIpc) is 2.54. The number of esters is 1. The lowest BCUT2D eigenvalue weighted by molar-refractivity contribution is -0.143. The van der Waals surface area contributed by atoms with Crippen LogP contribution in [0.5, 0.6) is 0 Å². The van der Waals surface area contributed by atoms with Crippen molar-refractivity contribution >= 4 is 11.9 Å². The van der Waals surface area contributed by atoms with E-state index in [1.807, 2.05) is 6.08 Å². The molecule has 1 heterocycles. The molecule has 0 saturated carbocycles. The zero-order chi connectivity index (χ0) is 13.4. The van der Waals surface area contributed by atoms with Gasteiger partial charge >= 0.3 is 5.97 Å². The lowest BCUT2D eigenvalue weighted by Crippen LogP contribution is -2.33. The molecule has 1 aliphatic heterocycles. The van der Waals surface area contributed by atoms with Crippen molar-refractivity contribution in [2.45, 2.75) is 51.1 Å². The number of hydrogen-bond acceptors (Lipinski definition) is 4. The second-order valence-electron chi connectivity index (χ2n) is 4.45. The Morgan fingerprint density at radius 2 is 2.39 bits per heavy atom. The van der Waals surface area contributed by atoms with Crippen LogP contribution in [0.25, 0.3) is 0 Å². The topological polar surface area (TPSA) is 81.4 Å². The summed E-state index contributed by atoms with van der Waals surface area (Å²) in [5, 5.41) is 2.96. The van der Waals surface area contributed by atoms with Crippen LogP contribution >= 0.6 is 0 Å². The number of nitrogens with one attached hydrogen (secondary N) is 1. The third-order valence-electron chi connectivity index (χ3n) is 2.89. The maximum atomic E-state index is 11.3. The number of carbonyl (C=O) groups is 2. The van der Waals surface area contributed by atoms with E-state index in [0.29, 0.717) is 19.4 Å². The maximum Gasteiger partial charge on any atom is 0.326 e. The van der Waals surface area contributed by atoms with Crippen LogP contribution in [0, 0.1) is 0 Å². The van der Waals surface area contributed by atoms with Crippen molar-refractivity contribution < 1.29 is 14.3 Å². The van der Waals surface area contributed by atoms with E-state index < -0.39 is 12.0 Å². The second kappa shape index (κ2) is 7.87. The van der Waals surface area contributed by atoms with Crippen LogP contribution in [-0.2, 0) is 14.3 Å². The number of carbonyl (C=O) groups excluding carboxylic acids is 2. The van der Waals surface area contributed by atoms with Gasteiger partial charge < -0.3 is 15.8 Å². The minimum atomic E-state index is -0.716. The van der Waals surface area contributed by atoms with Crippen LogP contribution in [0.4, 0.5) is 0 Å². The molecule has 0 aromatic carbocycles. The summed E-state index contributed by atoms with van der Waals surface area (Å²) in [7, 11) is 0. The molecule has 0 aromatic rings. The van der Waals surface area contributed by atoms with Gasteiger partial charge in [-0.3, -0.25) is 9.59 Å². The molecule has 1 aliphatic rings. The van der Waals surface area contributed by atoms with Gasteiger partial charge in [0.2, 0.25) is 5.91 Å². The minimum Gasteiger partial charge on any atom is -0.465 e. The molecule has 0 aliphatic carbocycles. The van der Waals surface area contributed by atoms with Crippen molar-refractivity contribution in [1.82, 2.24) is 5.32 Å². The first-order valence-electron chi connectivity index (χ1n) is 6.51. The van der Waals surface area contributed by atoms with Gasteiger partial charge in [-0.05, 0) is 26.2 Å². The zero-order valence-electron chi connectivity index (χ0n) is 10.9. The first-order chi connectivity index (χ1) is 8.63. The molecular formula is C13H22N2O3. The van der Waals surface area contributed by atoms with Gasteiger partial charge in [-0.15, -0.1) is 0 Å². The lowest BCUT2D eigenvalue weighted by atomic mass is 10.1. The lowest BCUT2D eigenvalue weighted by Gasteiger charge is -2.13. The van der Waals surface area contributed by atoms with E-state index in [0.717, 1.165) is 19.3 Å². The molecular weight excluding hydrogens is 232 g/mol. The summed E-state index contributed by atoms with van der Waals surface area (Å²) in [6, 6.07) is -0.558. The fraction of sp³-hybridized carbons (Fsp3) is 0.692. The molecule has 2 unspecified atom stereocenters. The smallest absolute Gasteiger partial charge is 0.326 e. The summed E-state index contributed by atoms with van der Waals surface area (Å²) >= 11 is 0. The van der Waals surface area contributed by atoms with Crippen molar-refractivity contribution in [2.24, 2.45) is 5.73 Å². The van der Waals surface area contributed by atoms with Gasteiger partial charge in [0.05, 0.1) is 6.61 Å². The van der Waals surface area contributed by atoms with Gasteiger partial charge in [0.1, 0.15) is 6.04 Å². The Kier molecular flexibility index (Phi) is 6.43. The quantitative estimate of drug-likeness (QED) is 0.563. The van der Waals surface area contributed by atoms with Gasteiger partial charge in [0, 0.05) is 12.5 Å². The summed E-state index contributed by atoms with van der Waals surface area (Å²) < 4.78 is 4.80. The highest BCUT2D eigenvalue weighted by molar-refractivity contribution is 5.77. The Labute approximate surface area is 108 Å². The molecule has 1 saturated heterocycles. The molecule has 0 aromatic heterocycles. The number of nitrogens with two attached hydrogens (primary N) is 1. The van der Waals surface area contributed by atoms with Crippen molar-refractivity contribution in [3.05, 3.63) is 12.2 Å². The van der Waals surface area contributed by atoms with Crippen molar-refractivity contribution in [3.8, 4) is 0 Å². The van der Waals surface area contributed by atoms with Gasteiger partial charge in [0.25, 0.3) is 0 Å². The molecule has 1 amide bonds. The van der Waals surface area contributed by atoms with E-state index >= 15 is 0 Å². The van der Waals surface area contributed by atoms with Crippen LogP contribution in [0.15, 0.2) is 12.2 Å². The molecule has 0 spiro atoms. The Balaban J connectivity index is 2.34. The van der Waals surface area contributed by atoms with Crippen molar-refractivity contribution in [3.63, 3.8) is 0 Å². The fourth-order valence-corrected chi connectivity index (χ4v) is 1.93. The predicted octanol–water partition coefficient (Wildman–Crippen LogP) is 0.882. The monoisotopic (exact) mass is 254 g/mol. The molecule has 0 bridgehead atoms. The van der Waals surface area contributed by atoms with E-state index in [1.165, 1.54) is 0 Å². The number of amides is 1. The highest BCUT2D eigenvalue weighted by atomic mass is 16.5. The number of rotatable bonds is 5. The van der Waals surface area contributed by atoms with E-state index in [1.54, 1.807) is 13.0 Å². The third kappa shape index (κ3) is 5.31. The summed E-state index contributed by atoms with van der Waals surface area (Å²) in [4.78, 5) is 22.6. The molecule has 102 valence electrons. The standard InChI is InChI=1S/C13H22N2O3/c1-2-18-13(17)11(14)8-5-7-10-6-3-4-9-12(16)15-10/h5,8,10-11H,2-4,6-7,9,14H2,1H3,(H,15,16)/b8-5+.